The first kappa shape index (κ1) is 22.8. The Morgan fingerprint density at radius 3 is 2.38 bits per heavy atom. The molecule has 1 amide bonds. The van der Waals surface area contributed by atoms with Crippen LogP contribution in [0.25, 0.3) is 11.3 Å². The van der Waals surface area contributed by atoms with Gasteiger partial charge >= 0.3 is 6.18 Å². The summed E-state index contributed by atoms with van der Waals surface area (Å²) in [5.41, 5.74) is 1.31. The van der Waals surface area contributed by atoms with Gasteiger partial charge in [0.1, 0.15) is 18.0 Å². The van der Waals surface area contributed by atoms with Gasteiger partial charge in [0.2, 0.25) is 15.9 Å². The van der Waals surface area contributed by atoms with Crippen molar-refractivity contribution in [1.29, 1.82) is 0 Å². The Kier molecular flexibility index (Phi) is 6.30. The molecule has 0 bridgehead atoms. The number of aromatic nitrogens is 1. The molecule has 0 radical (unpaired) electrons. The van der Waals surface area contributed by atoms with Crippen LogP contribution in [0.2, 0.25) is 0 Å². The van der Waals surface area contributed by atoms with Crippen LogP contribution < -0.4 is 4.72 Å². The third kappa shape index (κ3) is 4.83. The van der Waals surface area contributed by atoms with E-state index in [0.29, 0.717) is 37.8 Å². The van der Waals surface area contributed by atoms with E-state index in [1.807, 2.05) is 0 Å². The lowest BCUT2D eigenvalue weighted by molar-refractivity contribution is -0.184. The van der Waals surface area contributed by atoms with Gasteiger partial charge in [-0.1, -0.05) is 12.1 Å². The highest BCUT2D eigenvalue weighted by molar-refractivity contribution is 7.89. The first-order valence-corrected chi connectivity index (χ1v) is 12.0. The molecule has 1 aliphatic heterocycles. The molecule has 2 fully saturated rings. The number of carbonyl (C=O) groups is 1. The second-order valence-corrected chi connectivity index (χ2v) is 10.0. The number of likely N-dealkylation sites (tertiary alicyclic amines) is 1. The molecular weight excluding hydrogens is 447 g/mol. The lowest BCUT2D eigenvalue weighted by Crippen LogP contribution is -2.48. The summed E-state index contributed by atoms with van der Waals surface area (Å²) in [6.45, 7) is 0.125. The van der Waals surface area contributed by atoms with Crippen molar-refractivity contribution in [2.45, 2.75) is 61.7 Å². The fraction of sp³-hybridized carbons (Fsp3) is 0.524. The van der Waals surface area contributed by atoms with Gasteiger partial charge in [-0.2, -0.15) is 13.2 Å². The number of benzene rings is 1. The van der Waals surface area contributed by atoms with Gasteiger partial charge in [-0.15, -0.1) is 0 Å². The Bertz CT molecular complexity index is 1030. The minimum atomic E-state index is -4.41. The molecule has 1 saturated carbocycles. The predicted octanol–water partition coefficient (Wildman–Crippen LogP) is 3.73. The van der Waals surface area contributed by atoms with Crippen molar-refractivity contribution in [3.8, 4) is 11.3 Å². The minimum Gasteiger partial charge on any atom is -0.451 e. The number of carbonyl (C=O) groups excluding carboxylic acids is 1. The summed E-state index contributed by atoms with van der Waals surface area (Å²) in [6.07, 6.45) is 0.142. The van der Waals surface area contributed by atoms with Crippen LogP contribution in [0.4, 0.5) is 13.2 Å². The van der Waals surface area contributed by atoms with Gasteiger partial charge in [0, 0.05) is 24.1 Å². The fourth-order valence-corrected chi connectivity index (χ4v) is 5.82. The monoisotopic (exact) mass is 471 g/mol. The van der Waals surface area contributed by atoms with Crippen LogP contribution in [0.15, 0.2) is 46.2 Å². The van der Waals surface area contributed by atoms with Crippen LogP contribution in [0.3, 0.4) is 0 Å². The lowest BCUT2D eigenvalue weighted by atomic mass is 9.85. The molecule has 1 aromatic carbocycles. The molecule has 1 aliphatic carbocycles. The molecule has 11 heteroatoms. The smallest absolute Gasteiger partial charge is 0.408 e. The van der Waals surface area contributed by atoms with Crippen molar-refractivity contribution in [1.82, 2.24) is 14.6 Å². The maximum atomic E-state index is 13.2. The Morgan fingerprint density at radius 1 is 1.09 bits per heavy atom. The topological polar surface area (TPSA) is 92.5 Å². The van der Waals surface area contributed by atoms with E-state index in [0.717, 1.165) is 10.5 Å². The second kappa shape index (κ2) is 8.86. The molecule has 1 aromatic heterocycles. The second-order valence-electron chi connectivity index (χ2n) is 8.30. The summed E-state index contributed by atoms with van der Waals surface area (Å²) in [4.78, 5) is 17.8. The molecule has 0 spiro atoms. The number of hydrogen-bond donors (Lipinski definition) is 1. The van der Waals surface area contributed by atoms with Gasteiger partial charge in [-0.05, 0) is 50.7 Å². The maximum Gasteiger partial charge on any atom is 0.408 e. The van der Waals surface area contributed by atoms with Gasteiger partial charge in [0.05, 0.1) is 4.90 Å². The van der Waals surface area contributed by atoms with Gasteiger partial charge in [-0.25, -0.2) is 18.1 Å². The van der Waals surface area contributed by atoms with Crippen LogP contribution in [-0.4, -0.2) is 49.0 Å². The Balaban J connectivity index is 1.34. The highest BCUT2D eigenvalue weighted by atomic mass is 32.2. The summed E-state index contributed by atoms with van der Waals surface area (Å²) in [7, 11) is -3.76. The van der Waals surface area contributed by atoms with E-state index in [1.165, 1.54) is 24.8 Å². The number of oxazole rings is 1. The molecule has 32 heavy (non-hydrogen) atoms. The lowest BCUT2D eigenvalue weighted by Gasteiger charge is -2.33. The van der Waals surface area contributed by atoms with Crippen molar-refractivity contribution < 1.29 is 30.8 Å². The van der Waals surface area contributed by atoms with Gasteiger partial charge in [-0.3, -0.25) is 4.79 Å². The molecule has 2 heterocycles. The van der Waals surface area contributed by atoms with E-state index < -0.39 is 34.1 Å². The number of amides is 1. The zero-order valence-corrected chi connectivity index (χ0v) is 18.0. The minimum absolute atomic E-state index is 0.0557. The van der Waals surface area contributed by atoms with Crippen molar-refractivity contribution in [2.75, 3.05) is 6.54 Å². The summed E-state index contributed by atoms with van der Waals surface area (Å²) >= 11 is 0. The number of nitrogens with zero attached hydrogens (tertiary/aromatic N) is 2. The Labute approximate surface area is 184 Å². The van der Waals surface area contributed by atoms with E-state index in [4.69, 9.17) is 4.42 Å². The van der Waals surface area contributed by atoms with E-state index in [-0.39, 0.29) is 23.9 Å². The highest BCUT2D eigenvalue weighted by Gasteiger charge is 2.48. The van der Waals surface area contributed by atoms with Crippen molar-refractivity contribution in [3.05, 3.63) is 36.9 Å². The quantitative estimate of drug-likeness (QED) is 0.717. The average Bonchev–Trinajstić information content (AvgIpc) is 3.46. The normalized spacial score (nSPS) is 24.6. The number of nitrogens with one attached hydrogen (secondary N) is 1. The number of alkyl halides is 3. The number of sulfonamides is 1. The summed E-state index contributed by atoms with van der Waals surface area (Å²) in [6, 6.07) is 4.16. The summed E-state index contributed by atoms with van der Waals surface area (Å²) < 4.78 is 72.6. The largest absolute Gasteiger partial charge is 0.451 e. The molecule has 174 valence electrons. The maximum absolute atomic E-state index is 13.2. The average molecular weight is 472 g/mol. The standard InChI is InChI=1S/C21H24F3N3O4S/c22-21(23,24)19-2-1-11-27(19)20(28)15-3-7-16(8-4-15)26-32(29,30)17-9-5-14(6-10-17)18-12-31-13-25-18/h5-6,9-10,12-13,15-16,19,26H,1-4,7-8,11H2. The predicted molar refractivity (Wildman–Crippen MR) is 109 cm³/mol. The van der Waals surface area contributed by atoms with E-state index in [2.05, 4.69) is 9.71 Å². The third-order valence-corrected chi connectivity index (χ3v) is 7.74. The van der Waals surface area contributed by atoms with E-state index in [9.17, 15) is 26.4 Å². The van der Waals surface area contributed by atoms with Crippen molar-refractivity contribution >= 4 is 15.9 Å². The number of halogens is 3. The fourth-order valence-electron chi connectivity index (χ4n) is 4.51. The molecular formula is C21H24F3N3O4S. The first-order chi connectivity index (χ1) is 15.1. The van der Waals surface area contributed by atoms with Crippen LogP contribution in [0.1, 0.15) is 38.5 Å². The summed E-state index contributed by atoms with van der Waals surface area (Å²) in [5, 5.41) is 0. The third-order valence-electron chi connectivity index (χ3n) is 6.20. The first-order valence-electron chi connectivity index (χ1n) is 10.5. The number of hydrogen-bond acceptors (Lipinski definition) is 5. The molecule has 1 N–H and O–H groups in total. The summed E-state index contributed by atoms with van der Waals surface area (Å²) in [5.74, 6) is -0.963. The van der Waals surface area contributed by atoms with Crippen LogP contribution in [-0.2, 0) is 14.8 Å². The van der Waals surface area contributed by atoms with E-state index in [1.54, 1.807) is 12.1 Å². The van der Waals surface area contributed by atoms with Gasteiger partial charge < -0.3 is 9.32 Å². The Morgan fingerprint density at radius 2 is 1.78 bits per heavy atom. The molecule has 7 nitrogen and oxygen atoms in total. The molecule has 1 saturated heterocycles. The highest BCUT2D eigenvalue weighted by Crippen LogP contribution is 2.36. The van der Waals surface area contributed by atoms with Crippen LogP contribution in [0, 0.1) is 5.92 Å². The molecule has 1 unspecified atom stereocenters. The zero-order chi connectivity index (χ0) is 22.9. The van der Waals surface area contributed by atoms with Crippen molar-refractivity contribution in [2.24, 2.45) is 5.92 Å². The van der Waals surface area contributed by atoms with Crippen LogP contribution >= 0.6 is 0 Å². The zero-order valence-electron chi connectivity index (χ0n) is 17.2. The van der Waals surface area contributed by atoms with Gasteiger partial charge in [0.15, 0.2) is 6.39 Å². The SMILES string of the molecule is O=C(C1CCC(NS(=O)(=O)c2ccc(-c3cocn3)cc2)CC1)N1CCCC1C(F)(F)F. The van der Waals surface area contributed by atoms with Crippen LogP contribution in [0.5, 0.6) is 0 Å². The molecule has 2 aliphatic rings. The molecule has 1 atom stereocenters. The number of rotatable bonds is 5. The van der Waals surface area contributed by atoms with Gasteiger partial charge in [0.25, 0.3) is 0 Å². The Hall–Kier alpha value is -2.40. The van der Waals surface area contributed by atoms with E-state index >= 15 is 0 Å². The molecule has 4 rings (SSSR count). The van der Waals surface area contributed by atoms with Crippen molar-refractivity contribution in [3.63, 3.8) is 0 Å². The molecule has 2 aromatic rings.